The number of methoxy groups -OCH3 is 1. The molecule has 0 bridgehead atoms. The largest absolute Gasteiger partial charge is 0.507 e. The van der Waals surface area contributed by atoms with Gasteiger partial charge in [0.1, 0.15) is 11.5 Å². The molecule has 2 aromatic carbocycles. The van der Waals surface area contributed by atoms with Crippen molar-refractivity contribution in [2.45, 2.75) is 26.3 Å². The highest BCUT2D eigenvalue weighted by atomic mass is 35.5. The van der Waals surface area contributed by atoms with Crippen molar-refractivity contribution in [2.24, 2.45) is 0 Å². The van der Waals surface area contributed by atoms with E-state index in [1.807, 2.05) is 0 Å². The number of aliphatic hydroxyl groups is 1. The maximum atomic E-state index is 13.1. The van der Waals surface area contributed by atoms with E-state index in [0.29, 0.717) is 34.9 Å². The SMILES string of the molecule is CCN(CC)CCCN1C(=O)C(=O)C(=C(O)c2ccc(OC)c(Cl)c2)[C@H]1c1cccc(Cl)c1. The summed E-state index contributed by atoms with van der Waals surface area (Å²) >= 11 is 12.5. The lowest BCUT2D eigenvalue weighted by molar-refractivity contribution is -0.140. The highest BCUT2D eigenvalue weighted by Crippen LogP contribution is 2.40. The van der Waals surface area contributed by atoms with Crippen LogP contribution in [0, 0.1) is 0 Å². The lowest BCUT2D eigenvalue weighted by atomic mass is 9.95. The lowest BCUT2D eigenvalue weighted by Crippen LogP contribution is -2.33. The van der Waals surface area contributed by atoms with E-state index >= 15 is 0 Å². The van der Waals surface area contributed by atoms with Crippen molar-refractivity contribution < 1.29 is 19.4 Å². The van der Waals surface area contributed by atoms with Gasteiger partial charge in [-0.2, -0.15) is 0 Å². The summed E-state index contributed by atoms with van der Waals surface area (Å²) < 4.78 is 5.17. The summed E-state index contributed by atoms with van der Waals surface area (Å²) in [6, 6.07) is 11.0. The van der Waals surface area contributed by atoms with Crippen LogP contribution in [0.1, 0.15) is 37.4 Å². The van der Waals surface area contributed by atoms with E-state index in [2.05, 4.69) is 18.7 Å². The standard InChI is InChI=1S/C25H28Cl2N2O4/c1-4-28(5-2)12-7-13-29-22(16-8-6-9-18(26)14-16)21(24(31)25(29)32)23(30)17-10-11-20(33-3)19(27)15-17/h6,8-11,14-15,22,30H,4-5,7,12-13H2,1-3H3/t22-/m1/s1. The fourth-order valence-corrected chi connectivity index (χ4v) is 4.56. The number of hydrogen-bond acceptors (Lipinski definition) is 5. The zero-order valence-electron chi connectivity index (χ0n) is 19.0. The first kappa shape index (κ1) is 25.1. The normalized spacial score (nSPS) is 17.8. The predicted octanol–water partition coefficient (Wildman–Crippen LogP) is 5.16. The van der Waals surface area contributed by atoms with Crippen molar-refractivity contribution in [1.29, 1.82) is 0 Å². The first-order valence-corrected chi connectivity index (χ1v) is 11.7. The smallest absolute Gasteiger partial charge is 0.295 e. The third kappa shape index (κ3) is 5.35. The number of amides is 1. The molecule has 2 aromatic rings. The fraction of sp³-hybridized carbons (Fsp3) is 0.360. The second kappa shape index (κ2) is 11.1. The molecule has 0 aliphatic carbocycles. The number of aliphatic hydroxyl groups excluding tert-OH is 1. The molecule has 1 aliphatic heterocycles. The summed E-state index contributed by atoms with van der Waals surface area (Å²) in [4.78, 5) is 29.9. The molecule has 3 rings (SSSR count). The van der Waals surface area contributed by atoms with Crippen LogP contribution < -0.4 is 4.74 Å². The molecule has 176 valence electrons. The molecule has 0 radical (unpaired) electrons. The molecule has 8 heteroatoms. The minimum absolute atomic E-state index is 0.0198. The Bertz CT molecular complexity index is 1070. The first-order chi connectivity index (χ1) is 15.8. The molecule has 1 amide bonds. The number of hydrogen-bond donors (Lipinski definition) is 1. The van der Waals surface area contributed by atoms with Crippen molar-refractivity contribution in [3.63, 3.8) is 0 Å². The number of halogens is 2. The Morgan fingerprint density at radius 3 is 2.45 bits per heavy atom. The second-order valence-corrected chi connectivity index (χ2v) is 8.62. The zero-order valence-corrected chi connectivity index (χ0v) is 20.5. The molecule has 6 nitrogen and oxygen atoms in total. The van der Waals surface area contributed by atoms with Gasteiger partial charge in [-0.05, 0) is 62.0 Å². The Morgan fingerprint density at radius 1 is 1.12 bits per heavy atom. The van der Waals surface area contributed by atoms with E-state index in [4.69, 9.17) is 27.9 Å². The number of carbonyl (C=O) groups is 2. The van der Waals surface area contributed by atoms with E-state index < -0.39 is 17.7 Å². The average molecular weight is 491 g/mol. The number of rotatable bonds is 9. The summed E-state index contributed by atoms with van der Waals surface area (Å²) in [5, 5.41) is 11.9. The summed E-state index contributed by atoms with van der Waals surface area (Å²) in [5.41, 5.74) is 1.01. The van der Waals surface area contributed by atoms with Gasteiger partial charge in [-0.15, -0.1) is 0 Å². The Morgan fingerprint density at radius 2 is 1.85 bits per heavy atom. The lowest BCUT2D eigenvalue weighted by Gasteiger charge is -2.27. The van der Waals surface area contributed by atoms with Crippen molar-refractivity contribution in [2.75, 3.05) is 33.3 Å². The minimum atomic E-state index is -0.749. The number of ketones is 1. The molecule has 0 unspecified atom stereocenters. The van der Waals surface area contributed by atoms with Crippen LogP contribution in [-0.4, -0.2) is 59.9 Å². The van der Waals surface area contributed by atoms with E-state index in [0.717, 1.165) is 19.6 Å². The third-order valence-electron chi connectivity index (χ3n) is 5.90. The van der Waals surface area contributed by atoms with Crippen molar-refractivity contribution >= 4 is 40.7 Å². The highest BCUT2D eigenvalue weighted by molar-refractivity contribution is 6.46. The van der Waals surface area contributed by atoms with E-state index in [9.17, 15) is 14.7 Å². The fourth-order valence-electron chi connectivity index (χ4n) is 4.11. The minimum Gasteiger partial charge on any atom is -0.507 e. The van der Waals surface area contributed by atoms with E-state index in [-0.39, 0.29) is 16.4 Å². The van der Waals surface area contributed by atoms with Crippen LogP contribution >= 0.6 is 23.2 Å². The molecular formula is C25H28Cl2N2O4. The van der Waals surface area contributed by atoms with Crippen molar-refractivity contribution in [3.05, 3.63) is 69.2 Å². The van der Waals surface area contributed by atoms with Gasteiger partial charge in [-0.25, -0.2) is 0 Å². The Balaban J connectivity index is 2.05. The van der Waals surface area contributed by atoms with Crippen LogP contribution in [0.5, 0.6) is 5.75 Å². The number of ether oxygens (including phenoxy) is 1. The summed E-state index contributed by atoms with van der Waals surface area (Å²) in [6.45, 7) is 7.16. The molecule has 1 N–H and O–H groups in total. The van der Waals surface area contributed by atoms with E-state index in [1.54, 1.807) is 36.4 Å². The number of nitrogens with zero attached hydrogens (tertiary/aromatic N) is 2. The van der Waals surface area contributed by atoms with Crippen LogP contribution in [-0.2, 0) is 9.59 Å². The number of carbonyl (C=O) groups excluding carboxylic acids is 2. The summed E-state index contributed by atoms with van der Waals surface area (Å²) in [6.07, 6.45) is 0.695. The highest BCUT2D eigenvalue weighted by Gasteiger charge is 2.45. The van der Waals surface area contributed by atoms with Crippen LogP contribution in [0.15, 0.2) is 48.0 Å². The second-order valence-electron chi connectivity index (χ2n) is 7.78. The number of benzene rings is 2. The van der Waals surface area contributed by atoms with Gasteiger partial charge in [0.15, 0.2) is 0 Å². The molecule has 1 saturated heterocycles. The third-order valence-corrected chi connectivity index (χ3v) is 6.43. The Kier molecular flexibility index (Phi) is 8.40. The molecule has 1 heterocycles. The number of Topliss-reactive ketones (excluding diaryl/α,β-unsaturated/α-hetero) is 1. The first-order valence-electron chi connectivity index (χ1n) is 10.9. The molecule has 1 atom stereocenters. The maximum Gasteiger partial charge on any atom is 0.295 e. The summed E-state index contributed by atoms with van der Waals surface area (Å²) in [7, 11) is 1.49. The number of likely N-dealkylation sites (tertiary alicyclic amines) is 1. The molecule has 0 saturated carbocycles. The van der Waals surface area contributed by atoms with Gasteiger partial charge >= 0.3 is 0 Å². The van der Waals surface area contributed by atoms with Gasteiger partial charge in [-0.1, -0.05) is 49.2 Å². The molecule has 0 aromatic heterocycles. The molecular weight excluding hydrogens is 463 g/mol. The monoisotopic (exact) mass is 490 g/mol. The molecule has 1 aliphatic rings. The zero-order chi connectivity index (χ0) is 24.1. The van der Waals surface area contributed by atoms with Gasteiger partial charge in [0.2, 0.25) is 0 Å². The molecule has 1 fully saturated rings. The maximum absolute atomic E-state index is 13.1. The van der Waals surface area contributed by atoms with Crippen LogP contribution in [0.3, 0.4) is 0 Å². The van der Waals surface area contributed by atoms with Gasteiger partial charge in [0, 0.05) is 17.1 Å². The molecule has 33 heavy (non-hydrogen) atoms. The van der Waals surface area contributed by atoms with Gasteiger partial charge in [-0.3, -0.25) is 9.59 Å². The topological polar surface area (TPSA) is 70.1 Å². The van der Waals surface area contributed by atoms with Gasteiger partial charge < -0.3 is 19.6 Å². The quantitative estimate of drug-likeness (QED) is 0.298. The van der Waals surface area contributed by atoms with Gasteiger partial charge in [0.25, 0.3) is 11.7 Å². The van der Waals surface area contributed by atoms with Crippen LogP contribution in [0.25, 0.3) is 5.76 Å². The molecule has 0 spiro atoms. The predicted molar refractivity (Wildman–Crippen MR) is 131 cm³/mol. The Hall–Kier alpha value is -2.54. The van der Waals surface area contributed by atoms with Crippen molar-refractivity contribution in [3.8, 4) is 5.75 Å². The van der Waals surface area contributed by atoms with Crippen molar-refractivity contribution in [1.82, 2.24) is 9.80 Å². The average Bonchev–Trinajstić information content (AvgIpc) is 3.06. The summed E-state index contributed by atoms with van der Waals surface area (Å²) in [5.74, 6) is -1.21. The van der Waals surface area contributed by atoms with Crippen LogP contribution in [0.2, 0.25) is 10.0 Å². The van der Waals surface area contributed by atoms with Gasteiger partial charge in [0.05, 0.1) is 23.7 Å². The Labute approximate surface area is 204 Å². The van der Waals surface area contributed by atoms with E-state index in [1.165, 1.54) is 18.1 Å². The van der Waals surface area contributed by atoms with Crippen LogP contribution in [0.4, 0.5) is 0 Å².